The quantitative estimate of drug-likeness (QED) is 0.695. The summed E-state index contributed by atoms with van der Waals surface area (Å²) in [6.07, 6.45) is 0. The van der Waals surface area contributed by atoms with Crippen LogP contribution in [0.15, 0.2) is 33.5 Å². The van der Waals surface area contributed by atoms with Gasteiger partial charge in [-0.2, -0.15) is 0 Å². The number of rotatable bonds is 2. The maximum absolute atomic E-state index is 14.7. The lowest BCUT2D eigenvalue weighted by Gasteiger charge is -2.17. The van der Waals surface area contributed by atoms with Crippen molar-refractivity contribution in [3.63, 3.8) is 0 Å². The average molecular weight is 349 g/mol. The van der Waals surface area contributed by atoms with Gasteiger partial charge < -0.3 is 20.8 Å². The molecule has 3 rings (SSSR count). The number of hydrogen-bond acceptors (Lipinski definition) is 5. The van der Waals surface area contributed by atoms with Crippen LogP contribution in [-0.4, -0.2) is 14.1 Å². The molecule has 0 radical (unpaired) electrons. The smallest absolute Gasteiger partial charge is 0.195 e. The average Bonchev–Trinajstić information content (AvgIpc) is 2.54. The Morgan fingerprint density at radius 1 is 1.04 bits per heavy atom. The molecule has 0 fully saturated rings. The van der Waals surface area contributed by atoms with E-state index >= 15 is 0 Å². The van der Waals surface area contributed by atoms with Crippen LogP contribution in [0.2, 0.25) is 0 Å². The van der Waals surface area contributed by atoms with Crippen molar-refractivity contribution in [2.45, 2.75) is 0 Å². The fourth-order valence-electron chi connectivity index (χ4n) is 2.56. The summed E-state index contributed by atoms with van der Waals surface area (Å²) in [5.74, 6) is -2.92. The molecule has 0 atom stereocenters. The zero-order chi connectivity index (χ0) is 18.5. The lowest BCUT2D eigenvalue weighted by Crippen LogP contribution is -2.16. The minimum Gasteiger partial charge on any atom is -0.453 e. The number of nitrogens with zero attached hydrogens (tertiary/aromatic N) is 1. The zero-order valence-electron chi connectivity index (χ0n) is 13.4. The third kappa shape index (κ3) is 2.55. The van der Waals surface area contributed by atoms with Gasteiger partial charge in [0.1, 0.15) is 17.3 Å². The van der Waals surface area contributed by atoms with Gasteiger partial charge in [0.15, 0.2) is 22.6 Å². The van der Waals surface area contributed by atoms with E-state index in [4.69, 9.17) is 15.9 Å². The monoisotopic (exact) mass is 349 g/mol. The van der Waals surface area contributed by atoms with Crippen LogP contribution >= 0.6 is 0 Å². The van der Waals surface area contributed by atoms with Crippen LogP contribution in [0, 0.1) is 17.5 Å². The van der Waals surface area contributed by atoms with E-state index in [0.29, 0.717) is 0 Å². The summed E-state index contributed by atoms with van der Waals surface area (Å²) in [7, 11) is 2.84. The molecule has 0 spiro atoms. The number of hydrogen-bond donors (Lipinski definition) is 2. The Balaban J connectivity index is 2.39. The standard InChI is InChI=1S/C17H14F3N3O2/c1-23(2)16-13(19)15(22)12-10(24)6-11(25-17(12)14(16)20)7-3-4-9(21)8(18)5-7/h3-6H,21-22H2,1-2H3. The molecule has 1 heterocycles. The normalized spacial score (nSPS) is 11.1. The molecule has 0 aliphatic heterocycles. The first-order valence-corrected chi connectivity index (χ1v) is 7.19. The second-order valence-corrected chi connectivity index (χ2v) is 5.70. The fourth-order valence-corrected chi connectivity index (χ4v) is 2.56. The summed E-state index contributed by atoms with van der Waals surface area (Å²) in [5.41, 5.74) is 8.97. The van der Waals surface area contributed by atoms with Crippen molar-refractivity contribution in [3.8, 4) is 11.3 Å². The van der Waals surface area contributed by atoms with Crippen LogP contribution in [0.3, 0.4) is 0 Å². The van der Waals surface area contributed by atoms with Gasteiger partial charge in [-0.25, -0.2) is 13.2 Å². The Bertz CT molecular complexity index is 1060. The second-order valence-electron chi connectivity index (χ2n) is 5.70. The van der Waals surface area contributed by atoms with Crippen molar-refractivity contribution >= 4 is 28.0 Å². The predicted molar refractivity (Wildman–Crippen MR) is 90.9 cm³/mol. The molecule has 0 amide bonds. The van der Waals surface area contributed by atoms with Crippen LogP contribution < -0.4 is 21.8 Å². The minimum absolute atomic E-state index is 0.0840. The van der Waals surface area contributed by atoms with E-state index < -0.39 is 45.2 Å². The minimum atomic E-state index is -1.07. The highest BCUT2D eigenvalue weighted by molar-refractivity contribution is 5.94. The van der Waals surface area contributed by atoms with E-state index in [1.54, 1.807) is 0 Å². The SMILES string of the molecule is CN(C)c1c(F)c(N)c2c(=O)cc(-c3ccc(N)c(F)c3)oc2c1F. The van der Waals surface area contributed by atoms with E-state index in [0.717, 1.165) is 12.1 Å². The Morgan fingerprint density at radius 2 is 1.72 bits per heavy atom. The molecule has 0 aliphatic rings. The Hall–Kier alpha value is -3.16. The summed E-state index contributed by atoms with van der Waals surface area (Å²) in [5, 5.41) is -0.403. The van der Waals surface area contributed by atoms with Crippen molar-refractivity contribution in [1.82, 2.24) is 0 Å². The van der Waals surface area contributed by atoms with E-state index in [-0.39, 0.29) is 17.0 Å². The summed E-state index contributed by atoms with van der Waals surface area (Å²) >= 11 is 0. The summed E-state index contributed by atoms with van der Waals surface area (Å²) in [6.45, 7) is 0. The summed E-state index contributed by atoms with van der Waals surface area (Å²) in [6, 6.07) is 4.75. The topological polar surface area (TPSA) is 85.5 Å². The van der Waals surface area contributed by atoms with E-state index in [1.165, 1.54) is 31.1 Å². The summed E-state index contributed by atoms with van der Waals surface area (Å²) in [4.78, 5) is 13.5. The third-order valence-electron chi connectivity index (χ3n) is 3.80. The van der Waals surface area contributed by atoms with Gasteiger partial charge >= 0.3 is 0 Å². The van der Waals surface area contributed by atoms with Crippen LogP contribution in [0.5, 0.6) is 0 Å². The van der Waals surface area contributed by atoms with Crippen molar-refractivity contribution in [3.05, 3.63) is 51.9 Å². The molecule has 0 aliphatic carbocycles. The number of benzene rings is 2. The molecular formula is C17H14F3N3O2. The molecular weight excluding hydrogens is 335 g/mol. The number of anilines is 3. The first-order valence-electron chi connectivity index (χ1n) is 7.19. The van der Waals surface area contributed by atoms with Gasteiger partial charge in [0.05, 0.1) is 16.8 Å². The molecule has 4 N–H and O–H groups in total. The molecule has 8 heteroatoms. The molecule has 25 heavy (non-hydrogen) atoms. The van der Waals surface area contributed by atoms with Gasteiger partial charge in [-0.15, -0.1) is 0 Å². The lowest BCUT2D eigenvalue weighted by atomic mass is 10.1. The number of fused-ring (bicyclic) bond motifs is 1. The molecule has 0 saturated heterocycles. The molecule has 0 saturated carbocycles. The van der Waals surface area contributed by atoms with Gasteiger partial charge in [-0.05, 0) is 18.2 Å². The van der Waals surface area contributed by atoms with Crippen LogP contribution in [0.25, 0.3) is 22.3 Å². The van der Waals surface area contributed by atoms with Crippen LogP contribution in [0.4, 0.5) is 30.2 Å². The predicted octanol–water partition coefficient (Wildman–Crippen LogP) is 3.11. The Morgan fingerprint density at radius 3 is 2.32 bits per heavy atom. The number of nitrogen functional groups attached to an aromatic ring is 2. The molecule has 0 bridgehead atoms. The van der Waals surface area contributed by atoms with Crippen molar-refractivity contribution in [1.29, 1.82) is 0 Å². The molecule has 3 aromatic rings. The zero-order valence-corrected chi connectivity index (χ0v) is 13.4. The van der Waals surface area contributed by atoms with E-state index in [2.05, 4.69) is 0 Å². The van der Waals surface area contributed by atoms with Gasteiger partial charge in [0.2, 0.25) is 0 Å². The number of halogens is 3. The Kier molecular flexibility index (Phi) is 3.82. The maximum Gasteiger partial charge on any atom is 0.195 e. The van der Waals surface area contributed by atoms with Gasteiger partial charge in [0, 0.05) is 25.7 Å². The first kappa shape index (κ1) is 16.7. The van der Waals surface area contributed by atoms with Crippen molar-refractivity contribution in [2.75, 3.05) is 30.5 Å². The second kappa shape index (κ2) is 5.73. The van der Waals surface area contributed by atoms with Gasteiger partial charge in [0.25, 0.3) is 0 Å². The van der Waals surface area contributed by atoms with E-state index in [9.17, 15) is 18.0 Å². The molecule has 0 unspecified atom stereocenters. The number of nitrogens with two attached hydrogens (primary N) is 2. The molecule has 5 nitrogen and oxygen atoms in total. The van der Waals surface area contributed by atoms with Gasteiger partial charge in [-0.1, -0.05) is 0 Å². The highest BCUT2D eigenvalue weighted by Gasteiger charge is 2.24. The van der Waals surface area contributed by atoms with E-state index in [1.807, 2.05) is 0 Å². The van der Waals surface area contributed by atoms with Crippen LogP contribution in [0.1, 0.15) is 0 Å². The molecule has 2 aromatic carbocycles. The maximum atomic E-state index is 14.7. The highest BCUT2D eigenvalue weighted by Crippen LogP contribution is 2.35. The first-order chi connectivity index (χ1) is 11.7. The lowest BCUT2D eigenvalue weighted by molar-refractivity contribution is 0.546. The molecule has 1 aromatic heterocycles. The van der Waals surface area contributed by atoms with Crippen LogP contribution in [-0.2, 0) is 0 Å². The summed E-state index contributed by atoms with van der Waals surface area (Å²) < 4.78 is 48.1. The highest BCUT2D eigenvalue weighted by atomic mass is 19.1. The Labute approximate surface area is 140 Å². The third-order valence-corrected chi connectivity index (χ3v) is 3.80. The fraction of sp³-hybridized carbons (Fsp3) is 0.118. The van der Waals surface area contributed by atoms with Crippen molar-refractivity contribution in [2.24, 2.45) is 0 Å². The largest absolute Gasteiger partial charge is 0.453 e. The van der Waals surface area contributed by atoms with Gasteiger partial charge in [-0.3, -0.25) is 4.79 Å². The van der Waals surface area contributed by atoms with Crippen molar-refractivity contribution < 1.29 is 17.6 Å². The molecule has 130 valence electrons.